The van der Waals surface area contributed by atoms with Gasteiger partial charge in [-0.25, -0.2) is 9.97 Å². The van der Waals surface area contributed by atoms with Crippen molar-refractivity contribution < 1.29 is 4.79 Å². The van der Waals surface area contributed by atoms with E-state index in [0.717, 1.165) is 39.7 Å². The fourth-order valence-electron chi connectivity index (χ4n) is 4.11. The molecule has 1 aliphatic rings. The van der Waals surface area contributed by atoms with E-state index in [4.69, 9.17) is 0 Å². The van der Waals surface area contributed by atoms with Gasteiger partial charge in [-0.3, -0.25) is 19.5 Å². The molecule has 1 N–H and O–H groups in total. The van der Waals surface area contributed by atoms with Crippen LogP contribution in [0.15, 0.2) is 59.4 Å². The topological polar surface area (TPSA) is 76.9 Å². The van der Waals surface area contributed by atoms with E-state index in [9.17, 15) is 9.59 Å². The van der Waals surface area contributed by atoms with E-state index < -0.39 is 0 Å². The molecule has 2 aromatic heterocycles. The lowest BCUT2D eigenvalue weighted by Crippen LogP contribution is -2.21. The van der Waals surface area contributed by atoms with Crippen molar-refractivity contribution in [1.82, 2.24) is 14.5 Å². The number of thiazole rings is 1. The first-order valence-electron chi connectivity index (χ1n) is 9.80. The smallest absolute Gasteiger partial charge is 0.261 e. The molecule has 0 fully saturated rings. The van der Waals surface area contributed by atoms with Gasteiger partial charge in [0.2, 0.25) is 0 Å². The first kappa shape index (κ1) is 17.3. The molecular formula is C23H16N4O2S. The van der Waals surface area contributed by atoms with Crippen LogP contribution in [0, 0.1) is 0 Å². The van der Waals surface area contributed by atoms with E-state index in [-0.39, 0.29) is 11.5 Å². The second-order valence-corrected chi connectivity index (χ2v) is 8.46. The number of hydrogen-bond donors (Lipinski definition) is 1. The third kappa shape index (κ3) is 2.63. The van der Waals surface area contributed by atoms with Gasteiger partial charge in [-0.1, -0.05) is 41.7 Å². The van der Waals surface area contributed by atoms with Gasteiger partial charge in [-0.15, -0.1) is 0 Å². The number of anilines is 1. The van der Waals surface area contributed by atoms with E-state index >= 15 is 0 Å². The number of nitrogens with zero attached hydrogens (tertiary/aromatic N) is 3. The number of nitrogens with one attached hydrogen (secondary N) is 1. The van der Waals surface area contributed by atoms with Gasteiger partial charge >= 0.3 is 0 Å². The Bertz CT molecular complexity index is 1550. The van der Waals surface area contributed by atoms with Gasteiger partial charge in [0.25, 0.3) is 11.5 Å². The van der Waals surface area contributed by atoms with Crippen molar-refractivity contribution in [2.24, 2.45) is 0 Å². The molecule has 0 saturated carbocycles. The number of benzene rings is 3. The number of aromatic nitrogens is 3. The van der Waals surface area contributed by atoms with Crippen LogP contribution in [0.5, 0.6) is 0 Å². The SMILES string of the molecule is O=C(Nc1nc2c(ccc3ccccc32)s1)c1ccc2c(=O)n3c(nc2c1)CCC3. The summed E-state index contributed by atoms with van der Waals surface area (Å²) in [6, 6.07) is 17.2. The van der Waals surface area contributed by atoms with Crippen LogP contribution in [0.3, 0.4) is 0 Å². The van der Waals surface area contributed by atoms with E-state index in [1.165, 1.54) is 11.3 Å². The number of aryl methyl sites for hydroxylation is 1. The molecule has 6 nitrogen and oxygen atoms in total. The molecule has 1 aliphatic heterocycles. The Morgan fingerprint density at radius 1 is 1.03 bits per heavy atom. The van der Waals surface area contributed by atoms with E-state index in [1.54, 1.807) is 22.8 Å². The summed E-state index contributed by atoms with van der Waals surface area (Å²) in [6.45, 7) is 0.714. The minimum Gasteiger partial charge on any atom is -0.298 e. The summed E-state index contributed by atoms with van der Waals surface area (Å²) >= 11 is 1.45. The van der Waals surface area contributed by atoms with E-state index in [2.05, 4.69) is 21.4 Å². The Hall–Kier alpha value is -3.58. The van der Waals surface area contributed by atoms with Crippen LogP contribution < -0.4 is 10.9 Å². The Labute approximate surface area is 174 Å². The normalized spacial score (nSPS) is 13.2. The zero-order chi connectivity index (χ0) is 20.2. The van der Waals surface area contributed by atoms with E-state index in [1.807, 2.05) is 30.3 Å². The molecule has 146 valence electrons. The third-order valence-corrected chi connectivity index (χ3v) is 6.52. The molecule has 7 heteroatoms. The summed E-state index contributed by atoms with van der Waals surface area (Å²) in [5.41, 5.74) is 1.88. The first-order valence-corrected chi connectivity index (χ1v) is 10.6. The van der Waals surface area contributed by atoms with Crippen molar-refractivity contribution in [1.29, 1.82) is 0 Å². The summed E-state index contributed by atoms with van der Waals surface area (Å²) in [5, 5.41) is 6.18. The Balaban J connectivity index is 1.37. The summed E-state index contributed by atoms with van der Waals surface area (Å²) in [7, 11) is 0. The van der Waals surface area contributed by atoms with Crippen molar-refractivity contribution in [2.45, 2.75) is 19.4 Å². The lowest BCUT2D eigenvalue weighted by atomic mass is 10.1. The molecule has 0 bridgehead atoms. The second-order valence-electron chi connectivity index (χ2n) is 7.43. The Morgan fingerprint density at radius 3 is 2.87 bits per heavy atom. The van der Waals surface area contributed by atoms with Gasteiger partial charge in [0, 0.05) is 23.9 Å². The number of rotatable bonds is 2. The quantitative estimate of drug-likeness (QED) is 0.467. The van der Waals surface area contributed by atoms with Crippen molar-refractivity contribution in [3.8, 4) is 0 Å². The molecule has 3 aromatic carbocycles. The second kappa shape index (κ2) is 6.47. The molecule has 30 heavy (non-hydrogen) atoms. The van der Waals surface area contributed by atoms with Crippen LogP contribution >= 0.6 is 11.3 Å². The van der Waals surface area contributed by atoms with Gasteiger partial charge < -0.3 is 0 Å². The minimum absolute atomic E-state index is 0.0301. The van der Waals surface area contributed by atoms with Gasteiger partial charge in [-0.2, -0.15) is 0 Å². The van der Waals surface area contributed by atoms with Crippen LogP contribution in [0.2, 0.25) is 0 Å². The van der Waals surface area contributed by atoms with Crippen LogP contribution in [-0.4, -0.2) is 20.4 Å². The van der Waals surface area contributed by atoms with Crippen LogP contribution in [0.1, 0.15) is 22.6 Å². The van der Waals surface area contributed by atoms with Crippen LogP contribution in [0.4, 0.5) is 5.13 Å². The number of fused-ring (bicyclic) bond motifs is 5. The highest BCUT2D eigenvalue weighted by Gasteiger charge is 2.18. The zero-order valence-electron chi connectivity index (χ0n) is 15.9. The molecule has 0 saturated heterocycles. The third-order valence-electron chi connectivity index (χ3n) is 5.58. The molecule has 6 rings (SSSR count). The van der Waals surface area contributed by atoms with Gasteiger partial charge in [0.1, 0.15) is 5.82 Å². The van der Waals surface area contributed by atoms with Crippen molar-refractivity contribution >= 4 is 54.3 Å². The number of amides is 1. The minimum atomic E-state index is -0.261. The molecule has 0 atom stereocenters. The zero-order valence-corrected chi connectivity index (χ0v) is 16.7. The molecule has 0 radical (unpaired) electrons. The number of carbonyl (C=O) groups excluding carboxylic acids is 1. The number of carbonyl (C=O) groups is 1. The maximum Gasteiger partial charge on any atom is 0.261 e. The molecule has 0 unspecified atom stereocenters. The fraction of sp³-hybridized carbons (Fsp3) is 0.130. The monoisotopic (exact) mass is 412 g/mol. The summed E-state index contributed by atoms with van der Waals surface area (Å²) in [5.74, 6) is 0.533. The van der Waals surface area contributed by atoms with Crippen LogP contribution in [-0.2, 0) is 13.0 Å². The average molecular weight is 412 g/mol. The Morgan fingerprint density at radius 2 is 1.93 bits per heavy atom. The molecular weight excluding hydrogens is 396 g/mol. The predicted molar refractivity (Wildman–Crippen MR) is 119 cm³/mol. The summed E-state index contributed by atoms with van der Waals surface area (Å²) < 4.78 is 2.75. The lowest BCUT2D eigenvalue weighted by Gasteiger charge is -2.07. The molecule has 3 heterocycles. The van der Waals surface area contributed by atoms with Gasteiger partial charge in [0.15, 0.2) is 5.13 Å². The highest BCUT2D eigenvalue weighted by Crippen LogP contribution is 2.32. The van der Waals surface area contributed by atoms with Crippen molar-refractivity contribution in [3.63, 3.8) is 0 Å². The summed E-state index contributed by atoms with van der Waals surface area (Å²) in [4.78, 5) is 34.7. The lowest BCUT2D eigenvalue weighted by molar-refractivity contribution is 0.102. The van der Waals surface area contributed by atoms with Gasteiger partial charge in [0.05, 0.1) is 21.1 Å². The largest absolute Gasteiger partial charge is 0.298 e. The van der Waals surface area contributed by atoms with Crippen molar-refractivity contribution in [2.75, 3.05) is 5.32 Å². The molecule has 1 amide bonds. The van der Waals surface area contributed by atoms with Crippen LogP contribution in [0.25, 0.3) is 31.9 Å². The average Bonchev–Trinajstić information content (AvgIpc) is 3.40. The van der Waals surface area contributed by atoms with E-state index in [0.29, 0.717) is 28.1 Å². The predicted octanol–water partition coefficient (Wildman–Crippen LogP) is 4.36. The highest BCUT2D eigenvalue weighted by atomic mass is 32.1. The standard InChI is InChI=1S/C23H16N4O2S/c28-21(14-7-9-16-17(12-14)24-19-6-3-11-27(19)22(16)29)26-23-25-20-15-5-2-1-4-13(15)8-10-18(20)30-23/h1-2,4-5,7-10,12H,3,6,11H2,(H,25,26,28). The maximum absolute atomic E-state index is 12.9. The maximum atomic E-state index is 12.9. The summed E-state index contributed by atoms with van der Waals surface area (Å²) in [6.07, 6.45) is 1.72. The Kier molecular flexibility index (Phi) is 3.73. The molecule has 0 spiro atoms. The highest BCUT2D eigenvalue weighted by molar-refractivity contribution is 7.22. The fourth-order valence-corrected chi connectivity index (χ4v) is 4.99. The molecule has 0 aliphatic carbocycles. The molecule has 5 aromatic rings. The van der Waals surface area contributed by atoms with Crippen molar-refractivity contribution in [3.05, 3.63) is 76.3 Å². The first-order chi connectivity index (χ1) is 14.7. The number of hydrogen-bond acceptors (Lipinski definition) is 5. The van der Waals surface area contributed by atoms with Gasteiger partial charge in [-0.05, 0) is 36.1 Å².